The summed E-state index contributed by atoms with van der Waals surface area (Å²) in [5.74, 6) is 0. The number of likely N-dealkylation sites (N-methyl/N-ethyl adjacent to an activating group) is 1. The predicted molar refractivity (Wildman–Crippen MR) is 60.5 cm³/mol. The van der Waals surface area contributed by atoms with Crippen LogP contribution in [0.5, 0.6) is 0 Å². The van der Waals surface area contributed by atoms with Gasteiger partial charge in [-0.15, -0.1) is 0 Å². The van der Waals surface area contributed by atoms with Crippen LogP contribution in [0.2, 0.25) is 0 Å². The molecular formula is C10H13N3O2. The van der Waals surface area contributed by atoms with Gasteiger partial charge in [0.25, 0.3) is 5.69 Å². The second kappa shape index (κ2) is 5.11. The highest BCUT2D eigenvalue weighted by Crippen LogP contribution is 2.22. The van der Waals surface area contributed by atoms with Crippen LogP contribution in [-0.4, -0.2) is 18.5 Å². The van der Waals surface area contributed by atoms with Crippen LogP contribution in [0.25, 0.3) is 6.08 Å². The Hall–Kier alpha value is -1.88. The predicted octanol–water partition coefficient (Wildman–Crippen LogP) is 1.41. The Morgan fingerprint density at radius 1 is 1.60 bits per heavy atom. The van der Waals surface area contributed by atoms with Gasteiger partial charge < -0.3 is 11.1 Å². The number of benzene rings is 1. The van der Waals surface area contributed by atoms with E-state index in [0.717, 1.165) is 0 Å². The third kappa shape index (κ3) is 3.07. The normalized spacial score (nSPS) is 10.7. The maximum absolute atomic E-state index is 10.7. The summed E-state index contributed by atoms with van der Waals surface area (Å²) in [5.41, 5.74) is 6.46. The van der Waals surface area contributed by atoms with Crippen molar-refractivity contribution >= 4 is 17.5 Å². The molecule has 80 valence electrons. The van der Waals surface area contributed by atoms with E-state index in [1.165, 1.54) is 6.07 Å². The topological polar surface area (TPSA) is 81.2 Å². The number of nitrogens with zero attached hydrogens (tertiary/aromatic N) is 1. The molecule has 1 rings (SSSR count). The summed E-state index contributed by atoms with van der Waals surface area (Å²) in [7, 11) is 1.81. The number of nitro groups is 1. The van der Waals surface area contributed by atoms with Crippen LogP contribution in [0.1, 0.15) is 5.56 Å². The van der Waals surface area contributed by atoms with Crippen molar-refractivity contribution < 1.29 is 4.92 Å². The number of anilines is 1. The fourth-order valence-electron chi connectivity index (χ4n) is 1.16. The van der Waals surface area contributed by atoms with Crippen molar-refractivity contribution in [3.8, 4) is 0 Å². The minimum atomic E-state index is -0.435. The third-order valence-electron chi connectivity index (χ3n) is 1.87. The van der Waals surface area contributed by atoms with Gasteiger partial charge in [-0.05, 0) is 19.2 Å². The zero-order valence-electron chi connectivity index (χ0n) is 8.43. The molecule has 0 fully saturated rings. The van der Waals surface area contributed by atoms with E-state index < -0.39 is 4.92 Å². The number of nitrogen functional groups attached to an aromatic ring is 1. The molecule has 15 heavy (non-hydrogen) atoms. The average Bonchev–Trinajstić information content (AvgIpc) is 2.20. The second-order valence-electron chi connectivity index (χ2n) is 3.04. The Morgan fingerprint density at radius 2 is 2.33 bits per heavy atom. The summed E-state index contributed by atoms with van der Waals surface area (Å²) >= 11 is 0. The molecule has 5 heteroatoms. The van der Waals surface area contributed by atoms with Crippen LogP contribution < -0.4 is 11.1 Å². The van der Waals surface area contributed by atoms with E-state index in [9.17, 15) is 10.1 Å². The van der Waals surface area contributed by atoms with Crippen LogP contribution in [0, 0.1) is 10.1 Å². The molecule has 1 aromatic carbocycles. The van der Waals surface area contributed by atoms with E-state index in [0.29, 0.717) is 17.8 Å². The Bertz CT molecular complexity index is 388. The maximum Gasteiger partial charge on any atom is 0.278 e. The SMILES string of the molecule is CNCC=Cc1ccc(N)cc1[N+](=O)[O-]. The zero-order valence-corrected chi connectivity index (χ0v) is 8.43. The molecule has 0 saturated carbocycles. The zero-order chi connectivity index (χ0) is 11.3. The van der Waals surface area contributed by atoms with Gasteiger partial charge >= 0.3 is 0 Å². The lowest BCUT2D eigenvalue weighted by Gasteiger charge is -1.99. The number of nitro benzene ring substituents is 1. The fraction of sp³-hybridized carbons (Fsp3) is 0.200. The summed E-state index contributed by atoms with van der Waals surface area (Å²) in [6.45, 7) is 0.668. The van der Waals surface area contributed by atoms with Crippen LogP contribution >= 0.6 is 0 Å². The van der Waals surface area contributed by atoms with Crippen LogP contribution in [0.15, 0.2) is 24.3 Å². The highest BCUT2D eigenvalue weighted by Gasteiger charge is 2.10. The van der Waals surface area contributed by atoms with Gasteiger partial charge in [0.1, 0.15) is 0 Å². The van der Waals surface area contributed by atoms with Crippen molar-refractivity contribution in [2.45, 2.75) is 0 Å². The monoisotopic (exact) mass is 207 g/mol. The molecular weight excluding hydrogens is 194 g/mol. The first-order valence-corrected chi connectivity index (χ1v) is 4.50. The van der Waals surface area contributed by atoms with Gasteiger partial charge in [0.05, 0.1) is 10.5 Å². The Balaban J connectivity index is 3.01. The van der Waals surface area contributed by atoms with Gasteiger partial charge in [-0.25, -0.2) is 0 Å². The molecule has 0 radical (unpaired) electrons. The number of hydrogen-bond acceptors (Lipinski definition) is 4. The minimum Gasteiger partial charge on any atom is -0.399 e. The molecule has 0 amide bonds. The summed E-state index contributed by atoms with van der Waals surface area (Å²) < 4.78 is 0. The second-order valence-corrected chi connectivity index (χ2v) is 3.04. The average molecular weight is 207 g/mol. The molecule has 0 aliphatic carbocycles. The molecule has 1 aromatic rings. The van der Waals surface area contributed by atoms with Crippen LogP contribution in [0.3, 0.4) is 0 Å². The number of rotatable bonds is 4. The van der Waals surface area contributed by atoms with Gasteiger partial charge in [-0.3, -0.25) is 10.1 Å². The molecule has 0 aromatic heterocycles. The molecule has 0 bridgehead atoms. The lowest BCUT2D eigenvalue weighted by Crippen LogP contribution is -2.03. The van der Waals surface area contributed by atoms with Gasteiger partial charge in [0.15, 0.2) is 0 Å². The van der Waals surface area contributed by atoms with E-state index >= 15 is 0 Å². The minimum absolute atomic E-state index is 0.0300. The van der Waals surface area contributed by atoms with Gasteiger partial charge in [-0.1, -0.05) is 12.2 Å². The molecule has 0 unspecified atom stereocenters. The quantitative estimate of drug-likeness (QED) is 0.444. The first kappa shape index (κ1) is 11.2. The third-order valence-corrected chi connectivity index (χ3v) is 1.87. The van der Waals surface area contributed by atoms with E-state index in [2.05, 4.69) is 5.32 Å². The van der Waals surface area contributed by atoms with Gasteiger partial charge in [-0.2, -0.15) is 0 Å². The first-order valence-electron chi connectivity index (χ1n) is 4.50. The van der Waals surface area contributed by atoms with Crippen molar-refractivity contribution in [3.63, 3.8) is 0 Å². The smallest absolute Gasteiger partial charge is 0.278 e. The summed E-state index contributed by atoms with van der Waals surface area (Å²) in [6, 6.07) is 4.64. The molecule has 5 nitrogen and oxygen atoms in total. The lowest BCUT2D eigenvalue weighted by atomic mass is 10.1. The van der Waals surface area contributed by atoms with E-state index in [1.54, 1.807) is 18.2 Å². The van der Waals surface area contributed by atoms with Crippen LogP contribution in [0.4, 0.5) is 11.4 Å². The van der Waals surface area contributed by atoms with E-state index in [-0.39, 0.29) is 5.69 Å². The highest BCUT2D eigenvalue weighted by molar-refractivity contribution is 5.65. The molecule has 0 spiro atoms. The van der Waals surface area contributed by atoms with Gasteiger partial charge in [0.2, 0.25) is 0 Å². The highest BCUT2D eigenvalue weighted by atomic mass is 16.6. The number of nitrogens with one attached hydrogen (secondary N) is 1. The number of nitrogens with two attached hydrogens (primary N) is 1. The Kier molecular flexibility index (Phi) is 3.82. The molecule has 0 aliphatic rings. The van der Waals surface area contributed by atoms with Gasteiger partial charge in [0, 0.05) is 18.3 Å². The summed E-state index contributed by atoms with van der Waals surface area (Å²) in [4.78, 5) is 10.3. The van der Waals surface area contributed by atoms with Crippen LogP contribution in [-0.2, 0) is 0 Å². The van der Waals surface area contributed by atoms with Crippen molar-refractivity contribution in [1.29, 1.82) is 0 Å². The molecule has 3 N–H and O–H groups in total. The Labute approximate surface area is 87.7 Å². The van der Waals surface area contributed by atoms with E-state index in [4.69, 9.17) is 5.73 Å². The number of hydrogen-bond donors (Lipinski definition) is 2. The molecule has 0 heterocycles. The summed E-state index contributed by atoms with van der Waals surface area (Å²) in [6.07, 6.45) is 3.52. The lowest BCUT2D eigenvalue weighted by molar-refractivity contribution is -0.385. The largest absolute Gasteiger partial charge is 0.399 e. The molecule has 0 atom stereocenters. The fourth-order valence-corrected chi connectivity index (χ4v) is 1.16. The molecule has 0 saturated heterocycles. The standard InChI is InChI=1S/C10H13N3O2/c1-12-6-2-3-8-4-5-9(11)7-10(8)13(14)15/h2-5,7,12H,6,11H2,1H3. The summed E-state index contributed by atoms with van der Waals surface area (Å²) in [5, 5.41) is 13.6. The van der Waals surface area contributed by atoms with Crippen molar-refractivity contribution in [2.75, 3.05) is 19.3 Å². The van der Waals surface area contributed by atoms with E-state index in [1.807, 2.05) is 13.1 Å². The Morgan fingerprint density at radius 3 is 2.93 bits per heavy atom. The first-order chi connectivity index (χ1) is 7.15. The van der Waals surface area contributed by atoms with Crippen molar-refractivity contribution in [1.82, 2.24) is 5.32 Å². The molecule has 0 aliphatic heterocycles. The van der Waals surface area contributed by atoms with Crippen molar-refractivity contribution in [2.24, 2.45) is 0 Å². The maximum atomic E-state index is 10.7. The van der Waals surface area contributed by atoms with Crippen molar-refractivity contribution in [3.05, 3.63) is 40.0 Å².